The molecule has 0 aromatic heterocycles. The normalized spacial score (nSPS) is 11.3. The molecule has 0 atom stereocenters. The second-order valence-electron chi connectivity index (χ2n) is 7.34. The van der Waals surface area contributed by atoms with Crippen molar-refractivity contribution in [3.8, 4) is 5.75 Å². The topological polar surface area (TPSA) is 70.7 Å². The minimum Gasteiger partial charge on any atom is -0.494 e. The van der Waals surface area contributed by atoms with Gasteiger partial charge in [-0.2, -0.15) is 0 Å². The number of benzene rings is 1. The highest BCUT2D eigenvalue weighted by Gasteiger charge is 2.16. The fraction of sp³-hybridized carbons (Fsp3) is 0.579. The van der Waals surface area contributed by atoms with Gasteiger partial charge in [0.25, 0.3) is 0 Å². The first-order chi connectivity index (χ1) is 11.7. The van der Waals surface area contributed by atoms with Crippen LogP contribution in [0.5, 0.6) is 5.75 Å². The van der Waals surface area contributed by atoms with Gasteiger partial charge in [-0.05, 0) is 58.9 Å². The Kier molecular flexibility index (Phi) is 8.41. The van der Waals surface area contributed by atoms with Crippen molar-refractivity contribution in [3.63, 3.8) is 0 Å². The number of carbonyl (C=O) groups excluding carboxylic acids is 2. The predicted octanol–water partition coefficient (Wildman–Crippen LogP) is 1.73. The van der Waals surface area contributed by atoms with Gasteiger partial charge in [0.1, 0.15) is 5.75 Å². The number of rotatable bonds is 9. The van der Waals surface area contributed by atoms with Crippen molar-refractivity contribution in [2.24, 2.45) is 0 Å². The lowest BCUT2D eigenvalue weighted by Gasteiger charge is -2.23. The maximum atomic E-state index is 11.9. The van der Waals surface area contributed by atoms with E-state index in [9.17, 15) is 9.59 Å². The van der Waals surface area contributed by atoms with Gasteiger partial charge in [-0.1, -0.05) is 12.1 Å². The minimum atomic E-state index is -0.266. The molecule has 0 spiro atoms. The van der Waals surface area contributed by atoms with Crippen LogP contribution < -0.4 is 15.4 Å². The SMILES string of the molecule is Cc1cccc(OCCCNC(=O)CN(C)CC(=O)NC(C)(C)C)c1. The molecule has 140 valence electrons. The molecule has 1 rings (SSSR count). The third-order valence-corrected chi connectivity index (χ3v) is 3.24. The molecule has 0 aliphatic rings. The van der Waals surface area contributed by atoms with Crippen LogP contribution in [0.15, 0.2) is 24.3 Å². The Hall–Kier alpha value is -2.08. The lowest BCUT2D eigenvalue weighted by atomic mass is 10.1. The van der Waals surface area contributed by atoms with Crippen LogP contribution in [0, 0.1) is 6.92 Å². The zero-order valence-electron chi connectivity index (χ0n) is 16.0. The highest BCUT2D eigenvalue weighted by Crippen LogP contribution is 2.12. The van der Waals surface area contributed by atoms with Crippen molar-refractivity contribution in [2.45, 2.75) is 39.7 Å². The molecule has 1 aromatic carbocycles. The number of aryl methyl sites for hydroxylation is 1. The highest BCUT2D eigenvalue weighted by molar-refractivity contribution is 5.81. The molecule has 0 aliphatic carbocycles. The summed E-state index contributed by atoms with van der Waals surface area (Å²) in [7, 11) is 1.75. The molecule has 0 heterocycles. The van der Waals surface area contributed by atoms with Gasteiger partial charge in [-0.3, -0.25) is 14.5 Å². The van der Waals surface area contributed by atoms with Gasteiger partial charge in [0.15, 0.2) is 0 Å². The largest absolute Gasteiger partial charge is 0.494 e. The molecule has 0 saturated heterocycles. The summed E-state index contributed by atoms with van der Waals surface area (Å²) in [5.74, 6) is 0.659. The Balaban J connectivity index is 2.14. The number of amides is 2. The van der Waals surface area contributed by atoms with Crippen LogP contribution >= 0.6 is 0 Å². The van der Waals surface area contributed by atoms with Gasteiger partial charge in [0.2, 0.25) is 11.8 Å². The fourth-order valence-corrected chi connectivity index (χ4v) is 2.26. The molecule has 1 aromatic rings. The number of likely N-dealkylation sites (N-methyl/N-ethyl adjacent to an activating group) is 1. The number of nitrogens with one attached hydrogen (secondary N) is 2. The molecule has 2 N–H and O–H groups in total. The zero-order chi connectivity index (χ0) is 18.9. The summed E-state index contributed by atoms with van der Waals surface area (Å²) in [5.41, 5.74) is 0.890. The summed E-state index contributed by atoms with van der Waals surface area (Å²) in [6, 6.07) is 7.88. The first-order valence-corrected chi connectivity index (χ1v) is 8.61. The van der Waals surface area contributed by atoms with Gasteiger partial charge in [0.05, 0.1) is 19.7 Å². The molecule has 0 saturated carbocycles. The lowest BCUT2D eigenvalue weighted by molar-refractivity contribution is -0.125. The van der Waals surface area contributed by atoms with Gasteiger partial charge in [0, 0.05) is 12.1 Å². The van der Waals surface area contributed by atoms with Crippen LogP contribution in [-0.4, -0.2) is 55.5 Å². The summed E-state index contributed by atoms with van der Waals surface area (Å²) in [6.45, 7) is 9.28. The van der Waals surface area contributed by atoms with E-state index in [1.807, 2.05) is 52.0 Å². The Bertz CT molecular complexity index is 567. The van der Waals surface area contributed by atoms with Gasteiger partial charge in [-0.25, -0.2) is 0 Å². The second-order valence-corrected chi connectivity index (χ2v) is 7.34. The van der Waals surface area contributed by atoms with E-state index in [1.54, 1.807) is 11.9 Å². The predicted molar refractivity (Wildman–Crippen MR) is 99.7 cm³/mol. The average Bonchev–Trinajstić information content (AvgIpc) is 2.44. The third-order valence-electron chi connectivity index (χ3n) is 3.24. The average molecular weight is 349 g/mol. The van der Waals surface area contributed by atoms with Gasteiger partial charge >= 0.3 is 0 Å². The van der Waals surface area contributed by atoms with Gasteiger partial charge in [-0.15, -0.1) is 0 Å². The van der Waals surface area contributed by atoms with E-state index in [2.05, 4.69) is 10.6 Å². The maximum absolute atomic E-state index is 11.9. The molecule has 6 heteroatoms. The number of hydrogen-bond donors (Lipinski definition) is 2. The van der Waals surface area contributed by atoms with Crippen LogP contribution in [0.3, 0.4) is 0 Å². The summed E-state index contributed by atoms with van der Waals surface area (Å²) < 4.78 is 5.63. The summed E-state index contributed by atoms with van der Waals surface area (Å²) in [5, 5.41) is 5.71. The Labute approximate surface area is 150 Å². The Morgan fingerprint density at radius 3 is 2.48 bits per heavy atom. The van der Waals surface area contributed by atoms with E-state index in [0.29, 0.717) is 13.2 Å². The van der Waals surface area contributed by atoms with Gasteiger partial charge < -0.3 is 15.4 Å². The first kappa shape index (κ1) is 21.0. The number of carbonyl (C=O) groups is 2. The summed E-state index contributed by atoms with van der Waals surface area (Å²) in [4.78, 5) is 25.4. The quantitative estimate of drug-likeness (QED) is 0.666. The molecular formula is C19H31N3O3. The van der Waals surface area contributed by atoms with Crippen molar-refractivity contribution < 1.29 is 14.3 Å². The second kappa shape index (κ2) is 10.0. The molecule has 0 aliphatic heterocycles. The molecule has 0 fully saturated rings. The molecule has 2 amide bonds. The molecular weight excluding hydrogens is 318 g/mol. The number of hydrogen-bond acceptors (Lipinski definition) is 4. The van der Waals surface area contributed by atoms with Crippen molar-refractivity contribution >= 4 is 11.8 Å². The van der Waals surface area contributed by atoms with Crippen LogP contribution in [0.25, 0.3) is 0 Å². The first-order valence-electron chi connectivity index (χ1n) is 8.61. The third kappa shape index (κ3) is 10.4. The van der Waals surface area contributed by atoms with E-state index >= 15 is 0 Å². The standard InChI is InChI=1S/C19H31N3O3/c1-15-8-6-9-16(12-15)25-11-7-10-20-17(23)13-22(5)14-18(24)21-19(2,3)4/h6,8-9,12H,7,10-11,13-14H2,1-5H3,(H,20,23)(H,21,24). The maximum Gasteiger partial charge on any atom is 0.234 e. The zero-order valence-corrected chi connectivity index (χ0v) is 16.0. The smallest absolute Gasteiger partial charge is 0.234 e. The van der Waals surface area contributed by atoms with Crippen LogP contribution in [-0.2, 0) is 9.59 Å². The molecule has 6 nitrogen and oxygen atoms in total. The fourth-order valence-electron chi connectivity index (χ4n) is 2.26. The molecule has 0 unspecified atom stereocenters. The number of ether oxygens (including phenoxy) is 1. The molecule has 0 radical (unpaired) electrons. The minimum absolute atomic E-state index is 0.0886. The Morgan fingerprint density at radius 1 is 1.16 bits per heavy atom. The van der Waals surface area contributed by atoms with E-state index in [4.69, 9.17) is 4.74 Å². The summed E-state index contributed by atoms with van der Waals surface area (Å²) >= 11 is 0. The van der Waals surface area contributed by atoms with E-state index in [1.165, 1.54) is 0 Å². The highest BCUT2D eigenvalue weighted by atomic mass is 16.5. The van der Waals surface area contributed by atoms with Crippen LogP contribution in [0.4, 0.5) is 0 Å². The van der Waals surface area contributed by atoms with Crippen molar-refractivity contribution in [3.05, 3.63) is 29.8 Å². The van der Waals surface area contributed by atoms with E-state index in [-0.39, 0.29) is 30.4 Å². The van der Waals surface area contributed by atoms with Crippen molar-refractivity contribution in [2.75, 3.05) is 33.3 Å². The van der Waals surface area contributed by atoms with Crippen molar-refractivity contribution in [1.82, 2.24) is 15.5 Å². The lowest BCUT2D eigenvalue weighted by Crippen LogP contribution is -2.46. The van der Waals surface area contributed by atoms with Crippen LogP contribution in [0.1, 0.15) is 32.8 Å². The molecule has 25 heavy (non-hydrogen) atoms. The number of nitrogens with zero attached hydrogens (tertiary/aromatic N) is 1. The van der Waals surface area contributed by atoms with E-state index < -0.39 is 0 Å². The Morgan fingerprint density at radius 2 is 1.84 bits per heavy atom. The van der Waals surface area contributed by atoms with Crippen LogP contribution in [0.2, 0.25) is 0 Å². The monoisotopic (exact) mass is 349 g/mol. The van der Waals surface area contributed by atoms with E-state index in [0.717, 1.165) is 17.7 Å². The summed E-state index contributed by atoms with van der Waals surface area (Å²) in [6.07, 6.45) is 0.730. The van der Waals surface area contributed by atoms with Crippen molar-refractivity contribution in [1.29, 1.82) is 0 Å². The molecule has 0 bridgehead atoms.